The third kappa shape index (κ3) is 3.57. The number of halogens is 1. The Balaban J connectivity index is 0.00000242. The molecule has 1 aliphatic heterocycles. The van der Waals surface area contributed by atoms with Gasteiger partial charge in [0, 0.05) is 13.1 Å². The first-order valence-electron chi connectivity index (χ1n) is 6.41. The van der Waals surface area contributed by atoms with Gasteiger partial charge in [-0.25, -0.2) is 12.7 Å². The number of nitrogens with zero attached hydrogens (tertiary/aromatic N) is 2. The van der Waals surface area contributed by atoms with Crippen molar-refractivity contribution in [1.82, 2.24) is 14.5 Å². The predicted molar refractivity (Wildman–Crippen MR) is 83.5 cm³/mol. The van der Waals surface area contributed by atoms with Crippen molar-refractivity contribution < 1.29 is 18.0 Å². The molecule has 9 heteroatoms. The zero-order valence-electron chi connectivity index (χ0n) is 12.3. The summed E-state index contributed by atoms with van der Waals surface area (Å²) in [6, 6.07) is 5.95. The van der Waals surface area contributed by atoms with Crippen LogP contribution in [-0.4, -0.2) is 63.2 Å². The standard InChI is InChI=1S/C13H17N3O4S.ClH/c1-15(2)8-7-14-12(17)9-16-13(18)10-5-3-4-6-11(10)21(16,19)20;/h3-6H,7-9H2,1-2H3,(H,14,17);1H. The largest absolute Gasteiger partial charge is 0.353 e. The molecular weight excluding hydrogens is 330 g/mol. The van der Waals surface area contributed by atoms with Crippen molar-refractivity contribution in [1.29, 1.82) is 0 Å². The molecule has 0 aromatic heterocycles. The Morgan fingerprint density at radius 2 is 1.91 bits per heavy atom. The molecule has 122 valence electrons. The first-order chi connectivity index (χ1) is 9.84. The maximum absolute atomic E-state index is 12.2. The van der Waals surface area contributed by atoms with Crippen LogP contribution in [0.15, 0.2) is 29.2 Å². The molecule has 1 aromatic carbocycles. The molecule has 2 rings (SSSR count). The molecule has 7 nitrogen and oxygen atoms in total. The summed E-state index contributed by atoms with van der Waals surface area (Å²) in [7, 11) is -0.203. The van der Waals surface area contributed by atoms with Crippen LogP contribution in [0.3, 0.4) is 0 Å². The van der Waals surface area contributed by atoms with Crippen LogP contribution in [0, 0.1) is 0 Å². The van der Waals surface area contributed by atoms with Crippen LogP contribution in [0.25, 0.3) is 0 Å². The molecule has 0 radical (unpaired) electrons. The highest BCUT2D eigenvalue weighted by molar-refractivity contribution is 7.90. The summed E-state index contributed by atoms with van der Waals surface area (Å²) in [5.41, 5.74) is 0.110. The predicted octanol–water partition coefficient (Wildman–Crippen LogP) is -0.0693. The van der Waals surface area contributed by atoms with Crippen LogP contribution >= 0.6 is 12.4 Å². The van der Waals surface area contributed by atoms with Crippen molar-refractivity contribution in [2.24, 2.45) is 0 Å². The SMILES string of the molecule is CN(C)CCNC(=O)CN1C(=O)c2ccccc2S1(=O)=O.Cl. The molecule has 0 atom stereocenters. The van der Waals surface area contributed by atoms with Crippen molar-refractivity contribution >= 4 is 34.2 Å². The lowest BCUT2D eigenvalue weighted by atomic mass is 10.2. The van der Waals surface area contributed by atoms with E-state index in [2.05, 4.69) is 5.32 Å². The number of carbonyl (C=O) groups excluding carboxylic acids is 2. The molecule has 22 heavy (non-hydrogen) atoms. The number of fused-ring (bicyclic) bond motifs is 1. The number of sulfonamides is 1. The summed E-state index contributed by atoms with van der Waals surface area (Å²) in [6.45, 7) is 0.525. The fourth-order valence-corrected chi connectivity index (χ4v) is 3.52. The van der Waals surface area contributed by atoms with E-state index in [-0.39, 0.29) is 22.9 Å². The number of carbonyl (C=O) groups is 2. The Morgan fingerprint density at radius 3 is 2.50 bits per heavy atom. The van der Waals surface area contributed by atoms with Gasteiger partial charge in [-0.05, 0) is 26.2 Å². The van der Waals surface area contributed by atoms with Gasteiger partial charge in [-0.2, -0.15) is 0 Å². The van der Waals surface area contributed by atoms with E-state index >= 15 is 0 Å². The third-order valence-corrected chi connectivity index (χ3v) is 4.87. The topological polar surface area (TPSA) is 86.8 Å². The van der Waals surface area contributed by atoms with Crippen LogP contribution in [0.5, 0.6) is 0 Å². The fraction of sp³-hybridized carbons (Fsp3) is 0.385. The molecule has 0 aliphatic carbocycles. The van der Waals surface area contributed by atoms with Gasteiger partial charge >= 0.3 is 0 Å². The minimum absolute atomic E-state index is 0. The van der Waals surface area contributed by atoms with Gasteiger partial charge in [-0.1, -0.05) is 12.1 Å². The van der Waals surface area contributed by atoms with Gasteiger partial charge in [-0.3, -0.25) is 9.59 Å². The van der Waals surface area contributed by atoms with Crippen molar-refractivity contribution in [3.63, 3.8) is 0 Å². The molecule has 1 aromatic rings. The van der Waals surface area contributed by atoms with E-state index < -0.39 is 28.4 Å². The van der Waals surface area contributed by atoms with Crippen LogP contribution in [0.2, 0.25) is 0 Å². The summed E-state index contributed by atoms with van der Waals surface area (Å²) in [5.74, 6) is -1.16. The van der Waals surface area contributed by atoms with E-state index in [0.29, 0.717) is 17.4 Å². The van der Waals surface area contributed by atoms with E-state index in [9.17, 15) is 18.0 Å². The third-order valence-electron chi connectivity index (χ3n) is 3.08. The van der Waals surface area contributed by atoms with Crippen LogP contribution < -0.4 is 5.32 Å². The summed E-state index contributed by atoms with van der Waals surface area (Å²) in [5, 5.41) is 2.59. The smallest absolute Gasteiger partial charge is 0.269 e. The molecule has 0 fully saturated rings. The van der Waals surface area contributed by atoms with Crippen LogP contribution in [0.1, 0.15) is 10.4 Å². The van der Waals surface area contributed by atoms with Gasteiger partial charge in [0.05, 0.1) is 5.56 Å². The molecule has 2 amide bonds. The second kappa shape index (κ2) is 7.08. The highest BCUT2D eigenvalue weighted by atomic mass is 35.5. The lowest BCUT2D eigenvalue weighted by Crippen LogP contribution is -2.42. The van der Waals surface area contributed by atoms with Gasteiger partial charge in [0.2, 0.25) is 5.91 Å². The van der Waals surface area contributed by atoms with E-state index in [4.69, 9.17) is 0 Å². The van der Waals surface area contributed by atoms with Crippen molar-refractivity contribution in [3.05, 3.63) is 29.8 Å². The maximum atomic E-state index is 12.2. The molecular formula is C13H18ClN3O4S. The second-order valence-electron chi connectivity index (χ2n) is 4.97. The Hall–Kier alpha value is -1.64. The quantitative estimate of drug-likeness (QED) is 0.805. The normalized spacial score (nSPS) is 15.4. The van der Waals surface area contributed by atoms with E-state index in [1.165, 1.54) is 12.1 Å². The number of hydrogen-bond acceptors (Lipinski definition) is 5. The van der Waals surface area contributed by atoms with E-state index in [1.54, 1.807) is 12.1 Å². The minimum Gasteiger partial charge on any atom is -0.353 e. The number of nitrogens with one attached hydrogen (secondary N) is 1. The monoisotopic (exact) mass is 347 g/mol. The Labute approximate surface area is 135 Å². The van der Waals surface area contributed by atoms with Crippen LogP contribution in [0.4, 0.5) is 0 Å². The molecule has 1 aliphatic rings. The van der Waals surface area contributed by atoms with E-state index in [1.807, 2.05) is 19.0 Å². The molecule has 0 saturated carbocycles. The van der Waals surface area contributed by atoms with Gasteiger partial charge in [-0.15, -0.1) is 12.4 Å². The summed E-state index contributed by atoms with van der Waals surface area (Å²) < 4.78 is 25.1. The summed E-state index contributed by atoms with van der Waals surface area (Å²) in [6.07, 6.45) is 0. The molecule has 0 unspecified atom stereocenters. The average Bonchev–Trinajstić information content (AvgIpc) is 2.60. The number of likely N-dealkylation sites (N-methyl/N-ethyl adjacent to an activating group) is 1. The Morgan fingerprint density at radius 1 is 1.27 bits per heavy atom. The first-order valence-corrected chi connectivity index (χ1v) is 7.85. The lowest BCUT2D eigenvalue weighted by molar-refractivity contribution is -0.121. The van der Waals surface area contributed by atoms with Crippen molar-refractivity contribution in [2.45, 2.75) is 4.90 Å². The number of rotatable bonds is 5. The van der Waals surface area contributed by atoms with Gasteiger partial charge in [0.25, 0.3) is 15.9 Å². The molecule has 1 N–H and O–H groups in total. The van der Waals surface area contributed by atoms with Gasteiger partial charge in [0.15, 0.2) is 0 Å². The molecule has 0 bridgehead atoms. The van der Waals surface area contributed by atoms with Crippen molar-refractivity contribution in [3.8, 4) is 0 Å². The Kier molecular flexibility index (Phi) is 5.92. The molecule has 1 heterocycles. The van der Waals surface area contributed by atoms with Gasteiger partial charge < -0.3 is 10.2 Å². The highest BCUT2D eigenvalue weighted by Crippen LogP contribution is 2.29. The summed E-state index contributed by atoms with van der Waals surface area (Å²) >= 11 is 0. The fourth-order valence-electron chi connectivity index (χ4n) is 1.99. The minimum atomic E-state index is -3.92. The number of amides is 2. The number of benzene rings is 1. The average molecular weight is 348 g/mol. The first kappa shape index (κ1) is 18.4. The van der Waals surface area contributed by atoms with Gasteiger partial charge in [0.1, 0.15) is 11.4 Å². The van der Waals surface area contributed by atoms with Crippen LogP contribution in [-0.2, 0) is 14.8 Å². The Bertz CT molecular complexity index is 676. The van der Waals surface area contributed by atoms with E-state index in [0.717, 1.165) is 0 Å². The molecule has 0 saturated heterocycles. The lowest BCUT2D eigenvalue weighted by Gasteiger charge is -2.15. The zero-order chi connectivity index (χ0) is 15.6. The second-order valence-corrected chi connectivity index (χ2v) is 6.80. The van der Waals surface area contributed by atoms with Crippen molar-refractivity contribution in [2.75, 3.05) is 33.7 Å². The highest BCUT2D eigenvalue weighted by Gasteiger charge is 2.41. The summed E-state index contributed by atoms with van der Waals surface area (Å²) in [4.78, 5) is 25.7. The molecule has 0 spiro atoms. The number of hydrogen-bond donors (Lipinski definition) is 1. The maximum Gasteiger partial charge on any atom is 0.269 e. The zero-order valence-corrected chi connectivity index (χ0v) is 13.9.